The van der Waals surface area contributed by atoms with E-state index in [4.69, 9.17) is 9.47 Å². The number of esters is 1. The second-order valence-electron chi connectivity index (χ2n) is 6.52. The second-order valence-corrected chi connectivity index (χ2v) is 9.15. The number of alkyl carbamates (subject to hydrolysis) is 1. The Morgan fingerprint density at radius 1 is 1.29 bits per heavy atom. The highest BCUT2D eigenvalue weighted by Gasteiger charge is 2.26. The molecule has 0 aliphatic rings. The van der Waals surface area contributed by atoms with Crippen molar-refractivity contribution in [1.82, 2.24) is 5.32 Å². The predicted molar refractivity (Wildman–Crippen MR) is 106 cm³/mol. The summed E-state index contributed by atoms with van der Waals surface area (Å²) in [5.41, 5.74) is 2.05. The first-order valence-electron chi connectivity index (χ1n) is 7.71. The van der Waals surface area contributed by atoms with Crippen LogP contribution in [0, 0.1) is 10.5 Å². The van der Waals surface area contributed by atoms with Gasteiger partial charge < -0.3 is 14.8 Å². The molecule has 0 aromatic heterocycles. The van der Waals surface area contributed by atoms with Gasteiger partial charge in [-0.15, -0.1) is 0 Å². The highest BCUT2D eigenvalue weighted by molar-refractivity contribution is 14.1. The summed E-state index contributed by atoms with van der Waals surface area (Å²) in [4.78, 5) is 24.4. The summed E-state index contributed by atoms with van der Waals surface area (Å²) in [6, 6.07) is 5.22. The molecule has 1 N–H and O–H groups in total. The van der Waals surface area contributed by atoms with E-state index in [1.807, 2.05) is 25.1 Å². The van der Waals surface area contributed by atoms with Crippen LogP contribution in [0.25, 0.3) is 0 Å². The van der Waals surface area contributed by atoms with Gasteiger partial charge in [-0.3, -0.25) is 0 Å². The van der Waals surface area contributed by atoms with E-state index in [0.717, 1.165) is 14.7 Å². The number of benzene rings is 1. The van der Waals surface area contributed by atoms with E-state index in [-0.39, 0.29) is 6.10 Å². The Labute approximate surface area is 159 Å². The van der Waals surface area contributed by atoms with Crippen molar-refractivity contribution in [3.8, 4) is 0 Å². The van der Waals surface area contributed by atoms with Gasteiger partial charge in [0, 0.05) is 9.99 Å². The molecule has 0 fully saturated rings. The molecule has 1 unspecified atom stereocenters. The lowest BCUT2D eigenvalue weighted by atomic mass is 10.0. The highest BCUT2D eigenvalue weighted by atomic mass is 127. The minimum atomic E-state index is -0.801. The van der Waals surface area contributed by atoms with Crippen molar-refractivity contribution in [3.63, 3.8) is 0 Å². The van der Waals surface area contributed by atoms with Crippen molar-refractivity contribution in [2.45, 2.75) is 58.5 Å². The first-order valence-corrected chi connectivity index (χ1v) is 9.37. The van der Waals surface area contributed by atoms with Crippen molar-refractivity contribution in [1.29, 1.82) is 0 Å². The van der Waals surface area contributed by atoms with E-state index in [0.29, 0.717) is 6.42 Å². The average Bonchev–Trinajstić information content (AvgIpc) is 2.33. The van der Waals surface area contributed by atoms with Crippen LogP contribution in [0.1, 0.15) is 38.8 Å². The molecular weight excluding hydrogens is 440 g/mol. The number of hydrogen-bond acceptors (Lipinski definition) is 4. The number of amides is 1. The predicted octanol–water partition coefficient (Wildman–Crippen LogP) is 3.80. The maximum atomic E-state index is 12.3. The molecule has 24 heavy (non-hydrogen) atoms. The Morgan fingerprint density at radius 3 is 2.42 bits per heavy atom. The first-order chi connectivity index (χ1) is 11.0. The summed E-state index contributed by atoms with van der Waals surface area (Å²) in [6.45, 7) is 9.01. The summed E-state index contributed by atoms with van der Waals surface area (Å²) in [7, 11) is 2.42. The molecule has 0 saturated carbocycles. The highest BCUT2D eigenvalue weighted by Crippen LogP contribution is 2.18. The Balaban J connectivity index is 2.92. The molecule has 5 nitrogen and oxygen atoms in total. The number of nitrogens with one attached hydrogen (secondary N) is 1. The maximum Gasteiger partial charge on any atom is 0.408 e. The Morgan fingerprint density at radius 2 is 1.92 bits per heavy atom. The minimum absolute atomic E-state index is 0.256. The Hall–Kier alpha value is -0.880. The molecule has 0 aliphatic heterocycles. The zero-order valence-electron chi connectivity index (χ0n) is 14.7. The van der Waals surface area contributed by atoms with Gasteiger partial charge in [0.15, 0.2) is 0 Å². The fraction of sp³-hybridized carbons (Fsp3) is 0.529. The standard InChI is InChI=1S/C17H25INO4P/c1-10(2)22-15(20)14(19-16(21)23-17(4,5)24)9-12-6-11(3)7-13(18)8-12/h6-8,10,14H,9,24H2,1-5H3,(H,19,21)/t14-/m1/s1. The molecule has 0 spiro atoms. The van der Waals surface area contributed by atoms with Crippen LogP contribution in [0.5, 0.6) is 0 Å². The minimum Gasteiger partial charge on any atom is -0.461 e. The number of carbonyl (C=O) groups is 2. The number of halogens is 1. The fourth-order valence-corrected chi connectivity index (χ4v) is 3.08. The first kappa shape index (κ1) is 21.2. The van der Waals surface area contributed by atoms with Crippen LogP contribution in [0.2, 0.25) is 0 Å². The molecule has 1 aromatic carbocycles. The molecule has 0 heterocycles. The molecule has 134 valence electrons. The molecule has 2 atom stereocenters. The lowest BCUT2D eigenvalue weighted by molar-refractivity contribution is -0.149. The van der Waals surface area contributed by atoms with Gasteiger partial charge in [0.1, 0.15) is 11.4 Å². The fourth-order valence-electron chi connectivity index (χ4n) is 2.08. The van der Waals surface area contributed by atoms with Gasteiger partial charge in [-0.25, -0.2) is 9.59 Å². The van der Waals surface area contributed by atoms with Crippen LogP contribution in [-0.2, 0) is 20.7 Å². The largest absolute Gasteiger partial charge is 0.461 e. The molecule has 7 heteroatoms. The van der Waals surface area contributed by atoms with Crippen molar-refractivity contribution in [2.75, 3.05) is 0 Å². The molecule has 0 radical (unpaired) electrons. The smallest absolute Gasteiger partial charge is 0.408 e. The monoisotopic (exact) mass is 465 g/mol. The summed E-state index contributed by atoms with van der Waals surface area (Å²) >= 11 is 2.23. The number of rotatable bonds is 6. The summed E-state index contributed by atoms with van der Waals surface area (Å²) < 4.78 is 11.5. The molecule has 0 aliphatic carbocycles. The summed E-state index contributed by atoms with van der Waals surface area (Å²) in [6.07, 6.45) is -0.563. The lowest BCUT2D eigenvalue weighted by Crippen LogP contribution is -2.45. The third-order valence-corrected chi connectivity index (χ3v) is 3.57. The average molecular weight is 465 g/mol. The van der Waals surface area contributed by atoms with E-state index in [1.54, 1.807) is 27.7 Å². The molecule has 1 rings (SSSR count). The summed E-state index contributed by atoms with van der Waals surface area (Å²) in [5.74, 6) is -0.472. The van der Waals surface area contributed by atoms with E-state index < -0.39 is 23.4 Å². The van der Waals surface area contributed by atoms with Gasteiger partial charge in [-0.1, -0.05) is 15.3 Å². The van der Waals surface area contributed by atoms with Crippen molar-refractivity contribution in [3.05, 3.63) is 32.9 Å². The van der Waals surface area contributed by atoms with Crippen LogP contribution in [-0.4, -0.2) is 29.6 Å². The van der Waals surface area contributed by atoms with E-state index in [9.17, 15) is 9.59 Å². The SMILES string of the molecule is Cc1cc(I)cc(C[C@@H](NC(=O)OC(C)(C)P)C(=O)OC(C)C)c1. The number of aryl methyl sites for hydroxylation is 1. The van der Waals surface area contributed by atoms with Gasteiger partial charge in [0.25, 0.3) is 0 Å². The summed E-state index contributed by atoms with van der Waals surface area (Å²) in [5, 5.41) is 1.90. The zero-order valence-corrected chi connectivity index (χ0v) is 18.0. The molecule has 0 bridgehead atoms. The molecule has 0 saturated heterocycles. The number of ether oxygens (including phenoxy) is 2. The van der Waals surface area contributed by atoms with Gasteiger partial charge in [-0.2, -0.15) is 0 Å². The van der Waals surface area contributed by atoms with Crippen LogP contribution >= 0.6 is 31.8 Å². The van der Waals surface area contributed by atoms with Crippen molar-refractivity contribution >= 4 is 43.9 Å². The van der Waals surface area contributed by atoms with Crippen LogP contribution < -0.4 is 5.32 Å². The van der Waals surface area contributed by atoms with Gasteiger partial charge in [0.2, 0.25) is 0 Å². The normalized spacial score (nSPS) is 12.7. The van der Waals surface area contributed by atoms with Crippen LogP contribution in [0.3, 0.4) is 0 Å². The lowest BCUT2D eigenvalue weighted by Gasteiger charge is -2.23. The number of carbonyl (C=O) groups excluding carboxylic acids is 2. The van der Waals surface area contributed by atoms with Gasteiger partial charge >= 0.3 is 12.1 Å². The topological polar surface area (TPSA) is 64.6 Å². The second kappa shape index (κ2) is 8.99. The Kier molecular flexibility index (Phi) is 7.93. The molecular formula is C17H25INO4P. The third-order valence-electron chi connectivity index (χ3n) is 2.83. The van der Waals surface area contributed by atoms with Crippen LogP contribution in [0.4, 0.5) is 4.79 Å². The van der Waals surface area contributed by atoms with Crippen LogP contribution in [0.15, 0.2) is 18.2 Å². The Bertz CT molecular complexity index is 578. The molecule has 1 amide bonds. The van der Waals surface area contributed by atoms with Gasteiger partial charge in [0.05, 0.1) is 6.10 Å². The van der Waals surface area contributed by atoms with Crippen molar-refractivity contribution < 1.29 is 19.1 Å². The van der Waals surface area contributed by atoms with E-state index in [1.165, 1.54) is 0 Å². The number of hydrogen-bond donors (Lipinski definition) is 1. The zero-order chi connectivity index (χ0) is 18.5. The molecule has 1 aromatic rings. The van der Waals surface area contributed by atoms with Gasteiger partial charge in [-0.05, 0) is 80.5 Å². The quantitative estimate of drug-likeness (QED) is 0.395. The maximum absolute atomic E-state index is 12.3. The van der Waals surface area contributed by atoms with Crippen molar-refractivity contribution in [2.24, 2.45) is 0 Å². The third kappa shape index (κ3) is 8.29. The van der Waals surface area contributed by atoms with E-state index in [2.05, 4.69) is 37.1 Å². The van der Waals surface area contributed by atoms with E-state index >= 15 is 0 Å².